The molecule has 5 heteroatoms. The zero-order chi connectivity index (χ0) is 7.02. The van der Waals surface area contributed by atoms with Crippen molar-refractivity contribution in [2.45, 2.75) is 0 Å². The smallest absolute Gasteiger partial charge is 0.203 e. The molecule has 0 spiro atoms. The molecule has 0 aliphatic heterocycles. The number of aromatic nitrogens is 2. The number of hydrogen-bond acceptors (Lipinski definition) is 4. The van der Waals surface area contributed by atoms with Gasteiger partial charge in [0.2, 0.25) is 5.95 Å². The molecule has 0 bridgehead atoms. The van der Waals surface area contributed by atoms with Crippen LogP contribution < -0.4 is 17.2 Å². The number of nitrogens with two attached hydrogens (primary N) is 3. The number of nitrogen functional groups attached to an aromatic ring is 3. The Kier molecular flexibility index (Phi) is 0.985. The monoisotopic (exact) mass is 127 g/mol. The second-order valence-corrected chi connectivity index (χ2v) is 1.80. The van der Waals surface area contributed by atoms with E-state index in [1.807, 2.05) is 0 Å². The largest absolute Gasteiger partial charge is 0.382 e. The van der Waals surface area contributed by atoms with Crippen molar-refractivity contribution >= 4 is 17.6 Å². The summed E-state index contributed by atoms with van der Waals surface area (Å²) in [5, 5.41) is 0. The lowest BCUT2D eigenvalue weighted by Crippen LogP contribution is -2.01. The average Bonchev–Trinajstić information content (AvgIpc) is 1.98. The molecule has 0 amide bonds. The average molecular weight is 127 g/mol. The van der Waals surface area contributed by atoms with Gasteiger partial charge in [-0.05, 0) is 0 Å². The molecule has 1 aromatic rings. The van der Waals surface area contributed by atoms with Crippen LogP contribution in [-0.4, -0.2) is 9.55 Å². The first-order chi connectivity index (χ1) is 4.13. The number of anilines is 3. The summed E-state index contributed by atoms with van der Waals surface area (Å²) in [6, 6.07) is 0. The Morgan fingerprint density at radius 1 is 1.33 bits per heavy atom. The van der Waals surface area contributed by atoms with Gasteiger partial charge < -0.3 is 17.2 Å². The molecule has 0 aliphatic rings. The molecule has 9 heavy (non-hydrogen) atoms. The molecule has 5 nitrogen and oxygen atoms in total. The quantitative estimate of drug-likeness (QED) is 0.423. The first-order valence-corrected chi connectivity index (χ1v) is 2.46. The highest BCUT2D eigenvalue weighted by atomic mass is 15.2. The summed E-state index contributed by atoms with van der Waals surface area (Å²) < 4.78 is 1.52. The van der Waals surface area contributed by atoms with Gasteiger partial charge in [0.05, 0.1) is 0 Å². The summed E-state index contributed by atoms with van der Waals surface area (Å²) in [5.41, 5.74) is 16.0. The van der Waals surface area contributed by atoms with Gasteiger partial charge in [-0.3, -0.25) is 4.57 Å². The summed E-state index contributed by atoms with van der Waals surface area (Å²) in [6.45, 7) is 0. The van der Waals surface area contributed by atoms with Crippen LogP contribution >= 0.6 is 0 Å². The summed E-state index contributed by atoms with van der Waals surface area (Å²) in [6.07, 6.45) is 0. The maximum Gasteiger partial charge on any atom is 0.203 e. The number of rotatable bonds is 0. The van der Waals surface area contributed by atoms with Crippen LogP contribution in [0.5, 0.6) is 0 Å². The molecule has 1 rings (SSSR count). The fraction of sp³-hybridized carbons (Fsp3) is 0.250. The first kappa shape index (κ1) is 5.74. The minimum atomic E-state index is 0.287. The van der Waals surface area contributed by atoms with Gasteiger partial charge >= 0.3 is 0 Å². The van der Waals surface area contributed by atoms with Crippen LogP contribution in [0.4, 0.5) is 17.6 Å². The number of hydrogen-bond donors (Lipinski definition) is 3. The third-order valence-electron chi connectivity index (χ3n) is 1.20. The van der Waals surface area contributed by atoms with Crippen LogP contribution in [0.1, 0.15) is 0 Å². The summed E-state index contributed by atoms with van der Waals surface area (Å²) in [7, 11) is 1.70. The van der Waals surface area contributed by atoms with Crippen molar-refractivity contribution in [3.8, 4) is 0 Å². The zero-order valence-electron chi connectivity index (χ0n) is 5.13. The normalized spacial score (nSPS) is 9.89. The fourth-order valence-electron chi connectivity index (χ4n) is 0.551. The highest BCUT2D eigenvalue weighted by molar-refractivity contribution is 5.58. The molecule has 0 saturated heterocycles. The van der Waals surface area contributed by atoms with Crippen LogP contribution in [0.25, 0.3) is 0 Å². The Hall–Kier alpha value is -1.39. The van der Waals surface area contributed by atoms with E-state index in [2.05, 4.69) is 4.98 Å². The first-order valence-electron chi connectivity index (χ1n) is 2.46. The second-order valence-electron chi connectivity index (χ2n) is 1.80. The maximum atomic E-state index is 5.40. The topological polar surface area (TPSA) is 95.9 Å². The van der Waals surface area contributed by atoms with E-state index in [0.29, 0.717) is 11.8 Å². The van der Waals surface area contributed by atoms with Gasteiger partial charge in [-0.15, -0.1) is 0 Å². The maximum absolute atomic E-state index is 5.40. The van der Waals surface area contributed by atoms with E-state index in [1.54, 1.807) is 7.05 Å². The Morgan fingerprint density at radius 3 is 2.00 bits per heavy atom. The van der Waals surface area contributed by atoms with Gasteiger partial charge in [0.15, 0.2) is 5.82 Å². The van der Waals surface area contributed by atoms with E-state index in [0.717, 1.165) is 0 Å². The van der Waals surface area contributed by atoms with Gasteiger partial charge in [-0.1, -0.05) is 0 Å². The Labute approximate surface area is 52.5 Å². The van der Waals surface area contributed by atoms with Gasteiger partial charge in [0.1, 0.15) is 5.82 Å². The van der Waals surface area contributed by atoms with E-state index in [1.165, 1.54) is 4.57 Å². The minimum absolute atomic E-state index is 0.287. The van der Waals surface area contributed by atoms with E-state index < -0.39 is 0 Å². The number of nitrogens with zero attached hydrogens (tertiary/aromatic N) is 2. The van der Waals surface area contributed by atoms with Crippen LogP contribution in [0.15, 0.2) is 0 Å². The number of imidazole rings is 1. The summed E-state index contributed by atoms with van der Waals surface area (Å²) in [5.74, 6) is 1.03. The fourth-order valence-corrected chi connectivity index (χ4v) is 0.551. The van der Waals surface area contributed by atoms with Crippen molar-refractivity contribution in [3.05, 3.63) is 0 Å². The van der Waals surface area contributed by atoms with E-state index in [-0.39, 0.29) is 5.82 Å². The molecular weight excluding hydrogens is 118 g/mol. The van der Waals surface area contributed by atoms with Crippen LogP contribution in [0, 0.1) is 0 Å². The second kappa shape index (κ2) is 1.54. The molecule has 0 atom stereocenters. The Bertz CT molecular complexity index is 203. The molecule has 0 fully saturated rings. The van der Waals surface area contributed by atoms with Crippen molar-refractivity contribution in [1.29, 1.82) is 0 Å². The minimum Gasteiger partial charge on any atom is -0.382 e. The molecule has 6 N–H and O–H groups in total. The molecule has 0 aromatic carbocycles. The van der Waals surface area contributed by atoms with Crippen molar-refractivity contribution in [2.75, 3.05) is 17.2 Å². The molecule has 1 heterocycles. The van der Waals surface area contributed by atoms with E-state index >= 15 is 0 Å². The molecular formula is C4H9N5. The van der Waals surface area contributed by atoms with E-state index in [9.17, 15) is 0 Å². The van der Waals surface area contributed by atoms with Crippen molar-refractivity contribution in [1.82, 2.24) is 9.55 Å². The van der Waals surface area contributed by atoms with Crippen molar-refractivity contribution in [2.24, 2.45) is 7.05 Å². The molecule has 0 saturated carbocycles. The van der Waals surface area contributed by atoms with E-state index in [4.69, 9.17) is 17.2 Å². The molecule has 1 aromatic heterocycles. The molecule has 0 unspecified atom stereocenters. The predicted octanol–water partition coefficient (Wildman–Crippen LogP) is -0.833. The highest BCUT2D eigenvalue weighted by Gasteiger charge is 2.03. The SMILES string of the molecule is Cn1c(N)nc(N)c1N. The summed E-state index contributed by atoms with van der Waals surface area (Å²) in [4.78, 5) is 3.70. The Balaban J connectivity index is 3.29. The van der Waals surface area contributed by atoms with Gasteiger partial charge in [0.25, 0.3) is 0 Å². The van der Waals surface area contributed by atoms with Crippen LogP contribution in [0.3, 0.4) is 0 Å². The third kappa shape index (κ3) is 0.658. The van der Waals surface area contributed by atoms with Crippen molar-refractivity contribution < 1.29 is 0 Å². The predicted molar refractivity (Wildman–Crippen MR) is 36.4 cm³/mol. The van der Waals surface area contributed by atoms with Gasteiger partial charge in [-0.2, -0.15) is 4.98 Å². The Morgan fingerprint density at radius 2 is 1.89 bits per heavy atom. The van der Waals surface area contributed by atoms with Crippen molar-refractivity contribution in [3.63, 3.8) is 0 Å². The molecule has 0 radical (unpaired) electrons. The zero-order valence-corrected chi connectivity index (χ0v) is 5.13. The summed E-state index contributed by atoms with van der Waals surface area (Å²) >= 11 is 0. The lowest BCUT2D eigenvalue weighted by atomic mass is 10.7. The van der Waals surface area contributed by atoms with Gasteiger partial charge in [-0.25, -0.2) is 0 Å². The third-order valence-corrected chi connectivity index (χ3v) is 1.20. The van der Waals surface area contributed by atoms with Crippen LogP contribution in [-0.2, 0) is 7.05 Å². The lowest BCUT2D eigenvalue weighted by molar-refractivity contribution is 0.942. The highest BCUT2D eigenvalue weighted by Crippen LogP contribution is 2.14. The lowest BCUT2D eigenvalue weighted by Gasteiger charge is -1.94. The standard InChI is InChI=1S/C4H9N5/c1-9-3(6)2(5)8-4(9)7/h5-6H2,1H3,(H2,7,8). The van der Waals surface area contributed by atoms with Gasteiger partial charge in [0, 0.05) is 7.05 Å². The van der Waals surface area contributed by atoms with Crippen LogP contribution in [0.2, 0.25) is 0 Å². The molecule has 50 valence electrons. The molecule has 0 aliphatic carbocycles.